The molecule has 0 amide bonds. The summed E-state index contributed by atoms with van der Waals surface area (Å²) in [6, 6.07) is 12.2. The molecule has 3 rings (SSSR count). The van der Waals surface area contributed by atoms with Gasteiger partial charge in [0.1, 0.15) is 5.00 Å². The summed E-state index contributed by atoms with van der Waals surface area (Å²) in [6.45, 7) is 0.689. The first-order valence-electron chi connectivity index (χ1n) is 5.28. The summed E-state index contributed by atoms with van der Waals surface area (Å²) in [5.41, 5.74) is 2.03. The molecule has 5 heteroatoms. The van der Waals surface area contributed by atoms with Gasteiger partial charge in [0.05, 0.1) is 24.0 Å². The lowest BCUT2D eigenvalue weighted by Gasteiger charge is -2.03. The van der Waals surface area contributed by atoms with E-state index in [1.165, 1.54) is 11.5 Å². The molecule has 0 fully saturated rings. The third kappa shape index (κ3) is 2.24. The van der Waals surface area contributed by atoms with Gasteiger partial charge in [0, 0.05) is 16.9 Å². The molecule has 1 N–H and O–H groups in total. The van der Waals surface area contributed by atoms with Gasteiger partial charge in [0.25, 0.3) is 0 Å². The summed E-state index contributed by atoms with van der Waals surface area (Å²) in [4.78, 5) is 4.58. The van der Waals surface area contributed by atoms with Crippen LogP contribution in [0.15, 0.2) is 42.6 Å². The Bertz CT molecular complexity index is 621. The van der Waals surface area contributed by atoms with Gasteiger partial charge in [-0.25, -0.2) is 0 Å². The highest BCUT2D eigenvalue weighted by Gasteiger charge is 1.99. The maximum Gasteiger partial charge on any atom is 0.130 e. The lowest BCUT2D eigenvalue weighted by molar-refractivity contribution is 1.07. The average Bonchev–Trinajstić information content (AvgIpc) is 2.89. The predicted molar refractivity (Wildman–Crippen MR) is 69.0 cm³/mol. The van der Waals surface area contributed by atoms with E-state index in [4.69, 9.17) is 0 Å². The van der Waals surface area contributed by atoms with Gasteiger partial charge in [0.15, 0.2) is 0 Å². The van der Waals surface area contributed by atoms with Crippen molar-refractivity contribution in [1.82, 2.24) is 14.6 Å². The molecule has 4 nitrogen and oxygen atoms in total. The molecule has 0 unspecified atom stereocenters. The van der Waals surface area contributed by atoms with Crippen molar-refractivity contribution in [2.75, 3.05) is 5.32 Å². The third-order valence-corrected chi connectivity index (χ3v) is 3.08. The number of hydrogen-bond acceptors (Lipinski definition) is 5. The van der Waals surface area contributed by atoms with E-state index in [9.17, 15) is 0 Å². The van der Waals surface area contributed by atoms with Gasteiger partial charge in [-0.2, -0.15) is 0 Å². The van der Waals surface area contributed by atoms with Crippen LogP contribution in [0.25, 0.3) is 10.9 Å². The first-order chi connectivity index (χ1) is 8.42. The Labute approximate surface area is 102 Å². The number of pyridine rings is 1. The van der Waals surface area contributed by atoms with Gasteiger partial charge in [0.2, 0.25) is 0 Å². The van der Waals surface area contributed by atoms with Crippen molar-refractivity contribution in [1.29, 1.82) is 0 Å². The summed E-state index contributed by atoms with van der Waals surface area (Å²) in [7, 11) is 0. The first kappa shape index (κ1) is 10.2. The SMILES string of the molecule is c1ccc2nc(CNc3cnns3)ccc2c1. The van der Waals surface area contributed by atoms with E-state index in [0.717, 1.165) is 21.6 Å². The standard InChI is InChI=1S/C12H10N4S/c1-2-4-11-9(3-1)5-6-10(15-11)7-13-12-8-14-16-17-12/h1-6,8,13H,7H2. The molecular weight excluding hydrogens is 232 g/mol. The molecule has 0 radical (unpaired) electrons. The van der Waals surface area contributed by atoms with Gasteiger partial charge in [-0.3, -0.25) is 4.98 Å². The highest BCUT2D eigenvalue weighted by Crippen LogP contribution is 2.14. The number of hydrogen-bond donors (Lipinski definition) is 1. The van der Waals surface area contributed by atoms with Gasteiger partial charge in [-0.1, -0.05) is 28.8 Å². The molecule has 0 aliphatic rings. The number of rotatable bonds is 3. The number of para-hydroxylation sites is 1. The number of anilines is 1. The zero-order valence-corrected chi connectivity index (χ0v) is 9.81. The summed E-state index contributed by atoms with van der Waals surface area (Å²) in [5.74, 6) is 0. The van der Waals surface area contributed by atoms with E-state index in [2.05, 4.69) is 32.0 Å². The quantitative estimate of drug-likeness (QED) is 0.767. The number of nitrogens with one attached hydrogen (secondary N) is 1. The van der Waals surface area contributed by atoms with Crippen LogP contribution in [-0.2, 0) is 6.54 Å². The summed E-state index contributed by atoms with van der Waals surface area (Å²) in [5, 5.41) is 9.13. The summed E-state index contributed by atoms with van der Waals surface area (Å²) in [6.07, 6.45) is 1.71. The molecule has 0 aliphatic carbocycles. The van der Waals surface area contributed by atoms with Crippen molar-refractivity contribution in [2.24, 2.45) is 0 Å². The van der Waals surface area contributed by atoms with E-state index < -0.39 is 0 Å². The van der Waals surface area contributed by atoms with Crippen LogP contribution < -0.4 is 5.32 Å². The minimum absolute atomic E-state index is 0.689. The van der Waals surface area contributed by atoms with Gasteiger partial charge in [-0.15, -0.1) is 5.10 Å². The Kier molecular flexibility index (Phi) is 2.67. The van der Waals surface area contributed by atoms with E-state index >= 15 is 0 Å². The Morgan fingerprint density at radius 1 is 1.12 bits per heavy atom. The largest absolute Gasteiger partial charge is 0.369 e. The lowest BCUT2D eigenvalue weighted by Crippen LogP contribution is -2.00. The molecule has 0 saturated heterocycles. The fourth-order valence-corrected chi connectivity index (χ4v) is 2.04. The molecule has 0 spiro atoms. The molecule has 0 aliphatic heterocycles. The smallest absolute Gasteiger partial charge is 0.130 e. The molecule has 3 aromatic rings. The second kappa shape index (κ2) is 4.47. The van der Waals surface area contributed by atoms with Crippen LogP contribution in [0.1, 0.15) is 5.69 Å². The highest BCUT2D eigenvalue weighted by molar-refractivity contribution is 7.09. The van der Waals surface area contributed by atoms with E-state index in [1.807, 2.05) is 24.3 Å². The molecule has 1 aromatic carbocycles. The van der Waals surface area contributed by atoms with Crippen LogP contribution in [0.5, 0.6) is 0 Å². The second-order valence-corrected chi connectivity index (χ2v) is 4.42. The molecule has 84 valence electrons. The summed E-state index contributed by atoms with van der Waals surface area (Å²) < 4.78 is 3.79. The minimum atomic E-state index is 0.689. The Balaban J connectivity index is 1.81. The number of fused-ring (bicyclic) bond motifs is 1. The van der Waals surface area contributed by atoms with Crippen molar-refractivity contribution in [2.45, 2.75) is 6.54 Å². The fraction of sp³-hybridized carbons (Fsp3) is 0.0833. The van der Waals surface area contributed by atoms with Crippen molar-refractivity contribution >= 4 is 27.4 Å². The van der Waals surface area contributed by atoms with E-state index in [-0.39, 0.29) is 0 Å². The molecule has 2 aromatic heterocycles. The van der Waals surface area contributed by atoms with Crippen LogP contribution >= 0.6 is 11.5 Å². The van der Waals surface area contributed by atoms with Gasteiger partial charge >= 0.3 is 0 Å². The molecule has 0 atom stereocenters. The molecular formula is C12H10N4S. The van der Waals surface area contributed by atoms with Crippen molar-refractivity contribution < 1.29 is 0 Å². The van der Waals surface area contributed by atoms with Crippen molar-refractivity contribution in [3.8, 4) is 0 Å². The topological polar surface area (TPSA) is 50.7 Å². The monoisotopic (exact) mass is 242 g/mol. The van der Waals surface area contributed by atoms with Crippen LogP contribution in [0, 0.1) is 0 Å². The number of aromatic nitrogens is 3. The first-order valence-corrected chi connectivity index (χ1v) is 6.05. The molecule has 17 heavy (non-hydrogen) atoms. The lowest BCUT2D eigenvalue weighted by atomic mass is 10.2. The van der Waals surface area contributed by atoms with Crippen LogP contribution in [0.2, 0.25) is 0 Å². The fourth-order valence-electron chi connectivity index (χ4n) is 1.63. The maximum atomic E-state index is 4.58. The zero-order chi connectivity index (χ0) is 11.5. The van der Waals surface area contributed by atoms with Crippen LogP contribution in [0.3, 0.4) is 0 Å². The maximum absolute atomic E-state index is 4.58. The third-order valence-electron chi connectivity index (χ3n) is 2.46. The Hall–Kier alpha value is -2.01. The molecule has 0 saturated carbocycles. The molecule has 0 bridgehead atoms. The zero-order valence-electron chi connectivity index (χ0n) is 9.00. The normalized spacial score (nSPS) is 10.6. The van der Waals surface area contributed by atoms with Gasteiger partial charge in [-0.05, 0) is 12.1 Å². The van der Waals surface area contributed by atoms with Crippen LogP contribution in [-0.4, -0.2) is 14.6 Å². The van der Waals surface area contributed by atoms with Crippen molar-refractivity contribution in [3.05, 3.63) is 48.3 Å². The van der Waals surface area contributed by atoms with E-state index in [0.29, 0.717) is 6.54 Å². The predicted octanol–water partition coefficient (Wildman–Crippen LogP) is 2.70. The number of nitrogens with zero attached hydrogens (tertiary/aromatic N) is 3. The Morgan fingerprint density at radius 3 is 2.94 bits per heavy atom. The number of benzene rings is 1. The van der Waals surface area contributed by atoms with Crippen LogP contribution in [0.4, 0.5) is 5.00 Å². The molecule has 2 heterocycles. The Morgan fingerprint density at radius 2 is 2.06 bits per heavy atom. The average molecular weight is 242 g/mol. The van der Waals surface area contributed by atoms with Gasteiger partial charge < -0.3 is 5.32 Å². The minimum Gasteiger partial charge on any atom is -0.369 e. The summed E-state index contributed by atoms with van der Waals surface area (Å²) >= 11 is 1.35. The van der Waals surface area contributed by atoms with Crippen molar-refractivity contribution in [3.63, 3.8) is 0 Å². The second-order valence-electron chi connectivity index (χ2n) is 3.63. The van der Waals surface area contributed by atoms with E-state index in [1.54, 1.807) is 6.20 Å². The highest BCUT2D eigenvalue weighted by atomic mass is 32.1.